The van der Waals surface area contributed by atoms with Crippen LogP contribution in [0, 0.1) is 6.92 Å². The molecule has 0 atom stereocenters. The molecule has 0 unspecified atom stereocenters. The fourth-order valence-electron chi connectivity index (χ4n) is 2.14. The Labute approximate surface area is 121 Å². The quantitative estimate of drug-likeness (QED) is 0.877. The number of carbonyl (C=O) groups excluding carboxylic acids is 2. The Morgan fingerprint density at radius 2 is 2.00 bits per heavy atom. The number of rotatable bonds is 3. The molecule has 2 rings (SSSR count). The Hall–Kier alpha value is -2.63. The van der Waals surface area contributed by atoms with Crippen molar-refractivity contribution in [1.82, 2.24) is 9.88 Å². The number of benzene rings is 1. The van der Waals surface area contributed by atoms with Gasteiger partial charge >= 0.3 is 0 Å². The summed E-state index contributed by atoms with van der Waals surface area (Å²) in [5, 5.41) is 13.0. The Morgan fingerprint density at radius 3 is 2.62 bits per heavy atom. The lowest BCUT2D eigenvalue weighted by atomic mass is 10.1. The van der Waals surface area contributed by atoms with Gasteiger partial charge in [-0.15, -0.1) is 0 Å². The average Bonchev–Trinajstić information content (AvgIpc) is 2.43. The molecule has 1 heterocycles. The van der Waals surface area contributed by atoms with Gasteiger partial charge in [-0.25, -0.2) is 0 Å². The summed E-state index contributed by atoms with van der Waals surface area (Å²) in [6.07, 6.45) is 0. The van der Waals surface area contributed by atoms with Crippen molar-refractivity contribution < 1.29 is 14.7 Å². The number of amides is 1. The molecule has 0 saturated heterocycles. The van der Waals surface area contributed by atoms with Gasteiger partial charge in [0, 0.05) is 12.4 Å². The van der Waals surface area contributed by atoms with Crippen LogP contribution in [0.4, 0.5) is 0 Å². The van der Waals surface area contributed by atoms with Gasteiger partial charge in [0.15, 0.2) is 0 Å². The highest BCUT2D eigenvalue weighted by Crippen LogP contribution is 2.26. The van der Waals surface area contributed by atoms with E-state index in [0.29, 0.717) is 10.9 Å². The molecule has 0 saturated carbocycles. The first-order valence-corrected chi connectivity index (χ1v) is 6.43. The summed E-state index contributed by atoms with van der Waals surface area (Å²) in [4.78, 5) is 35.2. The average molecular weight is 288 g/mol. The molecule has 2 N–H and O–H groups in total. The predicted molar refractivity (Wildman–Crippen MR) is 78.6 cm³/mol. The van der Waals surface area contributed by atoms with Gasteiger partial charge in [0.05, 0.1) is 12.1 Å². The Balaban J connectivity index is 2.66. The zero-order valence-electron chi connectivity index (χ0n) is 12.1. The number of pyridine rings is 1. The molecule has 0 aliphatic heterocycles. The highest BCUT2D eigenvalue weighted by Gasteiger charge is 2.21. The van der Waals surface area contributed by atoms with Crippen LogP contribution in [-0.2, 0) is 11.8 Å². The van der Waals surface area contributed by atoms with Crippen LogP contribution in [-0.4, -0.2) is 27.9 Å². The Morgan fingerprint density at radius 1 is 1.33 bits per heavy atom. The molecule has 21 heavy (non-hydrogen) atoms. The largest absolute Gasteiger partial charge is 0.506 e. The summed E-state index contributed by atoms with van der Waals surface area (Å²) in [5.74, 6) is -1.36. The summed E-state index contributed by atoms with van der Waals surface area (Å²) in [7, 11) is 1.53. The second-order valence-corrected chi connectivity index (χ2v) is 4.99. The van der Waals surface area contributed by atoms with Gasteiger partial charge in [0.2, 0.25) is 0 Å². The summed E-state index contributed by atoms with van der Waals surface area (Å²) < 4.78 is 1.30. The normalized spacial score (nSPS) is 10.6. The topological polar surface area (TPSA) is 88.4 Å². The first-order valence-electron chi connectivity index (χ1n) is 6.43. The van der Waals surface area contributed by atoms with Crippen molar-refractivity contribution in [2.75, 3.05) is 6.54 Å². The number of nitrogens with zero attached hydrogens (tertiary/aromatic N) is 1. The number of nitrogens with one attached hydrogen (secondary N) is 1. The third-order valence-electron chi connectivity index (χ3n) is 3.25. The van der Waals surface area contributed by atoms with E-state index in [2.05, 4.69) is 5.32 Å². The zero-order chi connectivity index (χ0) is 15.7. The summed E-state index contributed by atoms with van der Waals surface area (Å²) in [5.41, 5.74) is 0.472. The van der Waals surface area contributed by atoms with Gasteiger partial charge in [-0.1, -0.05) is 11.6 Å². The number of aryl methyl sites for hydroxylation is 2. The van der Waals surface area contributed by atoms with Gasteiger partial charge in [-0.3, -0.25) is 14.4 Å². The van der Waals surface area contributed by atoms with E-state index >= 15 is 0 Å². The second kappa shape index (κ2) is 5.40. The fourth-order valence-corrected chi connectivity index (χ4v) is 2.14. The molecule has 1 aromatic heterocycles. The summed E-state index contributed by atoms with van der Waals surface area (Å²) in [6, 6.07) is 5.23. The van der Waals surface area contributed by atoms with Gasteiger partial charge in [-0.05, 0) is 26.0 Å². The molecule has 0 bridgehead atoms. The molecule has 0 radical (unpaired) electrons. The number of hydrogen-bond acceptors (Lipinski definition) is 4. The molecule has 0 aliphatic carbocycles. The van der Waals surface area contributed by atoms with Crippen molar-refractivity contribution in [2.24, 2.45) is 7.05 Å². The monoisotopic (exact) mass is 288 g/mol. The first kappa shape index (κ1) is 14.8. The minimum absolute atomic E-state index is 0.187. The molecule has 0 aliphatic rings. The van der Waals surface area contributed by atoms with Gasteiger partial charge < -0.3 is 15.0 Å². The van der Waals surface area contributed by atoms with E-state index in [9.17, 15) is 19.5 Å². The van der Waals surface area contributed by atoms with E-state index in [0.717, 1.165) is 5.56 Å². The zero-order valence-corrected chi connectivity index (χ0v) is 12.1. The fraction of sp³-hybridized carbons (Fsp3) is 0.267. The maximum absolute atomic E-state index is 12.2. The van der Waals surface area contributed by atoms with Crippen molar-refractivity contribution >= 4 is 22.6 Å². The van der Waals surface area contributed by atoms with Crippen LogP contribution in [0.25, 0.3) is 10.9 Å². The van der Waals surface area contributed by atoms with Crippen molar-refractivity contribution in [2.45, 2.75) is 13.8 Å². The number of fused-ring (bicyclic) bond motifs is 1. The number of ketones is 1. The van der Waals surface area contributed by atoms with Crippen molar-refractivity contribution in [3.8, 4) is 5.75 Å². The van der Waals surface area contributed by atoms with Crippen molar-refractivity contribution in [3.05, 3.63) is 39.7 Å². The number of hydrogen-bond donors (Lipinski definition) is 2. The molecular formula is C15H16N2O4. The third kappa shape index (κ3) is 2.65. The highest BCUT2D eigenvalue weighted by atomic mass is 16.3. The highest BCUT2D eigenvalue weighted by molar-refractivity contribution is 6.03. The molecule has 0 fully saturated rings. The van der Waals surface area contributed by atoms with Crippen LogP contribution >= 0.6 is 0 Å². The number of aromatic hydroxyl groups is 1. The van der Waals surface area contributed by atoms with Gasteiger partial charge in [-0.2, -0.15) is 0 Å². The first-order chi connectivity index (χ1) is 9.82. The number of carbonyl (C=O) groups is 2. The molecule has 6 heteroatoms. The molecule has 1 aromatic carbocycles. The number of Topliss-reactive ketones (excluding diaryl/α,β-unsaturated/α-hetero) is 1. The van der Waals surface area contributed by atoms with Crippen LogP contribution in [0.2, 0.25) is 0 Å². The van der Waals surface area contributed by atoms with Crippen molar-refractivity contribution in [1.29, 1.82) is 0 Å². The summed E-state index contributed by atoms with van der Waals surface area (Å²) in [6.45, 7) is 2.98. The van der Waals surface area contributed by atoms with E-state index in [-0.39, 0.29) is 23.6 Å². The SMILES string of the molecule is CC(=O)CNC(=O)c1c(O)c2cc(C)ccc2n(C)c1=O. The van der Waals surface area contributed by atoms with Crippen molar-refractivity contribution in [3.63, 3.8) is 0 Å². The molecule has 6 nitrogen and oxygen atoms in total. The van der Waals surface area contributed by atoms with Crippen LogP contribution in [0.5, 0.6) is 5.75 Å². The minimum Gasteiger partial charge on any atom is -0.506 e. The standard InChI is InChI=1S/C15H16N2O4/c1-8-4-5-11-10(6-8)13(19)12(15(21)17(11)3)14(20)16-7-9(2)18/h4-6,19H,7H2,1-3H3,(H,16,20). The van der Waals surface area contributed by atoms with Crippen LogP contribution < -0.4 is 10.9 Å². The van der Waals surface area contributed by atoms with E-state index in [4.69, 9.17) is 0 Å². The molecular weight excluding hydrogens is 272 g/mol. The third-order valence-corrected chi connectivity index (χ3v) is 3.25. The van der Waals surface area contributed by atoms with E-state index < -0.39 is 11.5 Å². The van der Waals surface area contributed by atoms with Gasteiger partial charge in [0.25, 0.3) is 11.5 Å². The predicted octanol–water partition coefficient (Wildman–Crippen LogP) is 0.871. The maximum Gasteiger partial charge on any atom is 0.267 e. The lowest BCUT2D eigenvalue weighted by Gasteiger charge is -2.12. The van der Waals surface area contributed by atoms with Crippen LogP contribution in [0.1, 0.15) is 22.8 Å². The Kier molecular flexibility index (Phi) is 3.80. The van der Waals surface area contributed by atoms with Crippen LogP contribution in [0.3, 0.4) is 0 Å². The summed E-state index contributed by atoms with van der Waals surface area (Å²) >= 11 is 0. The van der Waals surface area contributed by atoms with E-state index in [1.54, 1.807) is 12.1 Å². The number of aromatic nitrogens is 1. The smallest absolute Gasteiger partial charge is 0.267 e. The molecule has 1 amide bonds. The maximum atomic E-state index is 12.2. The van der Waals surface area contributed by atoms with Gasteiger partial charge in [0.1, 0.15) is 17.1 Å². The lowest BCUT2D eigenvalue weighted by Crippen LogP contribution is -2.34. The second-order valence-electron chi connectivity index (χ2n) is 4.99. The molecule has 2 aromatic rings. The Bertz CT molecular complexity index is 805. The molecule has 0 spiro atoms. The van der Waals surface area contributed by atoms with E-state index in [1.807, 2.05) is 13.0 Å². The van der Waals surface area contributed by atoms with E-state index in [1.165, 1.54) is 18.5 Å². The lowest BCUT2D eigenvalue weighted by molar-refractivity contribution is -0.116. The molecule has 110 valence electrons. The minimum atomic E-state index is -0.758. The van der Waals surface area contributed by atoms with Crippen LogP contribution in [0.15, 0.2) is 23.0 Å².